The summed E-state index contributed by atoms with van der Waals surface area (Å²) in [4.78, 5) is 51.5. The van der Waals surface area contributed by atoms with E-state index in [1.807, 2.05) is 13.1 Å². The molecular formula is C26H40N4O10SSi. The second-order valence-corrected chi connectivity index (χ2v) is 18.7. The van der Waals surface area contributed by atoms with Crippen molar-refractivity contribution in [2.24, 2.45) is 0 Å². The van der Waals surface area contributed by atoms with Gasteiger partial charge in [-0.3, -0.25) is 28.7 Å². The Morgan fingerprint density at radius 2 is 1.57 bits per heavy atom. The molecule has 1 unspecified atom stereocenters. The molecule has 4 rings (SSSR count). The van der Waals surface area contributed by atoms with Crippen LogP contribution in [0.3, 0.4) is 0 Å². The summed E-state index contributed by atoms with van der Waals surface area (Å²) in [5.41, 5.74) is -3.33. The molecule has 42 heavy (non-hydrogen) atoms. The van der Waals surface area contributed by atoms with E-state index in [0.717, 1.165) is 4.57 Å². The molecule has 2 aromatic rings. The number of H-pyrrole nitrogens is 2. The third-order valence-corrected chi connectivity index (χ3v) is 14.2. The predicted molar refractivity (Wildman–Crippen MR) is 157 cm³/mol. The van der Waals surface area contributed by atoms with E-state index in [4.69, 9.17) is 13.9 Å². The summed E-state index contributed by atoms with van der Waals surface area (Å²) in [5.74, 6) is 0. The molecule has 0 aliphatic carbocycles. The maximum Gasteiger partial charge on any atom is 0.330 e. The molecule has 4 heterocycles. The average molecular weight is 629 g/mol. The molecule has 2 aromatic heterocycles. The number of ether oxygens (including phenoxy) is 2. The Labute approximate surface area is 246 Å². The molecule has 234 valence electrons. The van der Waals surface area contributed by atoms with Crippen molar-refractivity contribution in [3.63, 3.8) is 0 Å². The molecule has 0 aromatic carbocycles. The van der Waals surface area contributed by atoms with Gasteiger partial charge in [0, 0.05) is 36.4 Å². The van der Waals surface area contributed by atoms with Crippen molar-refractivity contribution in [3.05, 3.63) is 65.2 Å². The van der Waals surface area contributed by atoms with Crippen LogP contribution in [-0.2, 0) is 13.9 Å². The van der Waals surface area contributed by atoms with Gasteiger partial charge in [-0.2, -0.15) is 0 Å². The highest BCUT2D eigenvalue weighted by atomic mass is 32.2. The lowest BCUT2D eigenvalue weighted by Gasteiger charge is -2.40. The summed E-state index contributed by atoms with van der Waals surface area (Å²) < 4.78 is 21.0. The maximum absolute atomic E-state index is 12.7. The first kappa shape index (κ1) is 32.6. The van der Waals surface area contributed by atoms with Gasteiger partial charge in [0.15, 0.2) is 8.32 Å². The molecule has 2 saturated heterocycles. The monoisotopic (exact) mass is 628 g/mol. The molecule has 2 fully saturated rings. The topological polar surface area (TPSA) is 198 Å². The van der Waals surface area contributed by atoms with Crippen molar-refractivity contribution in [3.8, 4) is 0 Å². The highest BCUT2D eigenvalue weighted by Crippen LogP contribution is 2.48. The smallest absolute Gasteiger partial charge is 0.330 e. The van der Waals surface area contributed by atoms with Crippen molar-refractivity contribution in [1.29, 1.82) is 0 Å². The van der Waals surface area contributed by atoms with Gasteiger partial charge in [-0.25, -0.2) is 9.59 Å². The van der Waals surface area contributed by atoms with Gasteiger partial charge in [0.25, 0.3) is 11.1 Å². The minimum absolute atomic E-state index is 0.187. The molecule has 0 radical (unpaired) electrons. The van der Waals surface area contributed by atoms with E-state index in [0.29, 0.717) is 17.3 Å². The van der Waals surface area contributed by atoms with Gasteiger partial charge >= 0.3 is 11.4 Å². The van der Waals surface area contributed by atoms with E-state index in [1.54, 1.807) is 6.92 Å². The Hall–Kier alpha value is -2.31. The van der Waals surface area contributed by atoms with E-state index in [1.165, 1.54) is 23.9 Å². The van der Waals surface area contributed by atoms with E-state index in [-0.39, 0.29) is 23.4 Å². The largest absolute Gasteiger partial charge is 0.411 e. The second kappa shape index (κ2) is 11.6. The van der Waals surface area contributed by atoms with Crippen molar-refractivity contribution in [2.45, 2.75) is 107 Å². The number of nitrogens with one attached hydrogen (secondary N) is 2. The molecule has 2 aliphatic heterocycles. The zero-order valence-corrected chi connectivity index (χ0v) is 26.6. The molecule has 16 heteroatoms. The maximum atomic E-state index is 12.7. The zero-order chi connectivity index (χ0) is 31.4. The van der Waals surface area contributed by atoms with Crippen LogP contribution in [0.4, 0.5) is 0 Å². The van der Waals surface area contributed by atoms with Gasteiger partial charge in [0.1, 0.15) is 35.0 Å². The van der Waals surface area contributed by atoms with Crippen LogP contribution in [-0.4, -0.2) is 78.0 Å². The SMILES string of the molecule is Cc1cn([C@H]2C[C@H](O[Si](C)(C)C(C)(C)C)[C@@H](C(O)S[C@]3(O)C[C@H](n4cc(C)c(=O)[nH]c4=O)O[C@@H]3CO)O2)c(=O)[nH]c1=O. The Balaban J connectivity index is 1.63. The number of aromatic amines is 2. The number of nitrogens with zero attached hydrogens (tertiary/aromatic N) is 2. The summed E-state index contributed by atoms with van der Waals surface area (Å²) in [6.07, 6.45) is -2.11. The van der Waals surface area contributed by atoms with Crippen molar-refractivity contribution in [1.82, 2.24) is 19.1 Å². The van der Waals surface area contributed by atoms with Gasteiger partial charge in [-0.1, -0.05) is 32.5 Å². The third-order valence-electron chi connectivity index (χ3n) is 8.34. The zero-order valence-electron chi connectivity index (χ0n) is 24.7. The fraction of sp³-hybridized carbons (Fsp3) is 0.692. The van der Waals surface area contributed by atoms with E-state index in [9.17, 15) is 34.5 Å². The third kappa shape index (κ3) is 6.31. The molecule has 14 nitrogen and oxygen atoms in total. The lowest BCUT2D eigenvalue weighted by atomic mass is 10.1. The van der Waals surface area contributed by atoms with E-state index >= 15 is 0 Å². The van der Waals surface area contributed by atoms with E-state index in [2.05, 4.69) is 30.7 Å². The first-order valence-corrected chi connectivity index (χ1v) is 17.5. The molecule has 0 bridgehead atoms. The summed E-state index contributed by atoms with van der Waals surface area (Å²) >= 11 is 0.699. The number of aryl methyl sites for hydroxylation is 2. The normalized spacial score (nSPS) is 29.2. The van der Waals surface area contributed by atoms with Gasteiger partial charge in [-0.15, -0.1) is 0 Å². The number of aliphatic hydroxyl groups is 3. The van der Waals surface area contributed by atoms with E-state index < -0.39 is 78.6 Å². The van der Waals surface area contributed by atoms with Crippen LogP contribution in [0.25, 0.3) is 0 Å². The Morgan fingerprint density at radius 3 is 2.07 bits per heavy atom. The molecular weight excluding hydrogens is 588 g/mol. The molecule has 2 aliphatic rings. The summed E-state index contributed by atoms with van der Waals surface area (Å²) in [5, 5.41) is 33.0. The number of aromatic nitrogens is 4. The van der Waals surface area contributed by atoms with Gasteiger partial charge in [0.2, 0.25) is 0 Å². The Morgan fingerprint density at radius 1 is 1.05 bits per heavy atom. The van der Waals surface area contributed by atoms with Gasteiger partial charge in [0.05, 0.1) is 12.7 Å². The molecule has 0 saturated carbocycles. The highest BCUT2D eigenvalue weighted by molar-refractivity contribution is 8.01. The average Bonchev–Trinajstić information content (AvgIpc) is 3.43. The summed E-state index contributed by atoms with van der Waals surface area (Å²) in [6.45, 7) is 12.7. The van der Waals surface area contributed by atoms with Crippen LogP contribution in [0, 0.1) is 13.8 Å². The second-order valence-electron chi connectivity index (χ2n) is 12.5. The number of rotatable bonds is 8. The Bertz CT molecular complexity index is 1550. The number of hydrogen-bond acceptors (Lipinski definition) is 11. The predicted octanol–water partition coefficient (Wildman–Crippen LogP) is 0.402. The number of aliphatic hydroxyl groups excluding tert-OH is 2. The standard InChI is InChI=1S/C26H40N4O10SSi/c1-13-10-29(23(35)27-20(13)32)17-8-15(40-42(6,7)25(3,4)5)19(39-17)22(34)41-26(37)9-18(38-16(26)12-31)30-11-14(2)21(33)28-24(30)36/h10-11,15-19,22,31,34,37H,8-9,12H2,1-7H3,(H,27,32,35)(H,28,33,36)/t15-,16+,17+,18+,19-,22?,26+/m0/s1. The van der Waals surface area contributed by atoms with Crippen LogP contribution in [0.1, 0.15) is 57.2 Å². The molecule has 5 N–H and O–H groups in total. The van der Waals surface area contributed by atoms with Crippen molar-refractivity contribution in [2.75, 3.05) is 6.61 Å². The fourth-order valence-electron chi connectivity index (χ4n) is 4.83. The molecule has 0 amide bonds. The highest BCUT2D eigenvalue weighted by Gasteiger charge is 2.54. The number of thioether (sulfide) groups is 1. The molecule has 0 spiro atoms. The van der Waals surface area contributed by atoms with Crippen LogP contribution in [0.15, 0.2) is 31.6 Å². The van der Waals surface area contributed by atoms with Crippen LogP contribution >= 0.6 is 11.8 Å². The van der Waals surface area contributed by atoms with Gasteiger partial charge in [-0.05, 0) is 32.0 Å². The van der Waals surface area contributed by atoms with Gasteiger partial charge < -0.3 is 29.2 Å². The van der Waals surface area contributed by atoms with Crippen LogP contribution in [0.2, 0.25) is 18.1 Å². The summed E-state index contributed by atoms with van der Waals surface area (Å²) in [7, 11) is -2.42. The lowest BCUT2D eigenvalue weighted by molar-refractivity contribution is -0.0632. The lowest BCUT2D eigenvalue weighted by Crippen LogP contribution is -2.49. The summed E-state index contributed by atoms with van der Waals surface area (Å²) in [6, 6.07) is 0. The molecule has 7 atom stereocenters. The van der Waals surface area contributed by atoms with Crippen LogP contribution in [0.5, 0.6) is 0 Å². The first-order valence-electron chi connectivity index (χ1n) is 13.7. The fourth-order valence-corrected chi connectivity index (χ4v) is 7.49. The minimum atomic E-state index is -2.42. The van der Waals surface area contributed by atoms with Crippen LogP contribution < -0.4 is 22.5 Å². The number of hydrogen-bond donors (Lipinski definition) is 5. The minimum Gasteiger partial charge on any atom is -0.411 e. The Kier molecular flexibility index (Phi) is 9.04. The van der Waals surface area contributed by atoms with Crippen molar-refractivity contribution < 1.29 is 29.2 Å². The quantitative estimate of drug-likeness (QED) is 0.200. The van der Waals surface area contributed by atoms with Crippen molar-refractivity contribution >= 4 is 20.1 Å². The first-order chi connectivity index (χ1) is 19.4.